The molecule has 1 aliphatic rings. The molecule has 0 aliphatic carbocycles. The number of carbonyl (C=O) groups is 3. The summed E-state index contributed by atoms with van der Waals surface area (Å²) in [5, 5.41) is 0.526. The molecular formula is C21H18N2O5S. The van der Waals surface area contributed by atoms with Gasteiger partial charge >= 0.3 is 11.9 Å². The number of rotatable bonds is 4. The molecule has 29 heavy (non-hydrogen) atoms. The first-order valence-corrected chi connectivity index (χ1v) is 9.37. The van der Waals surface area contributed by atoms with E-state index >= 15 is 0 Å². The highest BCUT2D eigenvalue weighted by molar-refractivity contribution is 8.18. The normalized spacial score (nSPS) is 16.4. The lowest BCUT2D eigenvalue weighted by molar-refractivity contribution is -0.121. The zero-order valence-corrected chi connectivity index (χ0v) is 16.9. The van der Waals surface area contributed by atoms with Crippen LogP contribution in [0, 0.1) is 0 Å². The van der Waals surface area contributed by atoms with Crippen molar-refractivity contribution in [2.24, 2.45) is 4.99 Å². The van der Waals surface area contributed by atoms with E-state index in [0.717, 1.165) is 5.56 Å². The van der Waals surface area contributed by atoms with Crippen LogP contribution in [0.25, 0.3) is 6.08 Å². The smallest absolute Gasteiger partial charge is 0.337 e. The Kier molecular flexibility index (Phi) is 6.13. The Morgan fingerprint density at radius 3 is 1.97 bits per heavy atom. The summed E-state index contributed by atoms with van der Waals surface area (Å²) in [5.41, 5.74) is 2.26. The second kappa shape index (κ2) is 8.74. The molecule has 7 nitrogen and oxygen atoms in total. The van der Waals surface area contributed by atoms with Crippen LogP contribution in [-0.2, 0) is 14.3 Å². The number of methoxy groups -OCH3 is 2. The number of carbonyl (C=O) groups excluding carboxylic acids is 3. The largest absolute Gasteiger partial charge is 0.465 e. The van der Waals surface area contributed by atoms with E-state index in [0.29, 0.717) is 26.9 Å². The highest BCUT2D eigenvalue weighted by Gasteiger charge is 2.30. The van der Waals surface area contributed by atoms with Gasteiger partial charge < -0.3 is 9.47 Å². The molecule has 0 saturated carbocycles. The molecule has 0 N–H and O–H groups in total. The van der Waals surface area contributed by atoms with Crippen LogP contribution < -0.4 is 0 Å². The lowest BCUT2D eigenvalue weighted by Crippen LogP contribution is -2.23. The number of ether oxygens (including phenoxy) is 2. The summed E-state index contributed by atoms with van der Waals surface area (Å²) in [6.45, 7) is 0. The quantitative estimate of drug-likeness (QED) is 0.567. The fraction of sp³-hybridized carbons (Fsp3) is 0.143. The summed E-state index contributed by atoms with van der Waals surface area (Å²) in [7, 11) is 4.30. The summed E-state index contributed by atoms with van der Waals surface area (Å²) in [6.07, 6.45) is 1.74. The molecule has 1 amide bonds. The average Bonchev–Trinajstić information content (AvgIpc) is 3.01. The minimum absolute atomic E-state index is 0.169. The first-order valence-electron chi connectivity index (χ1n) is 8.56. The van der Waals surface area contributed by atoms with Gasteiger partial charge in [0.2, 0.25) is 0 Å². The zero-order valence-electron chi connectivity index (χ0n) is 16.0. The molecule has 2 aromatic rings. The molecule has 0 aromatic heterocycles. The molecule has 148 valence electrons. The van der Waals surface area contributed by atoms with E-state index in [1.807, 2.05) is 0 Å². The fourth-order valence-corrected chi connectivity index (χ4v) is 3.52. The van der Waals surface area contributed by atoms with Crippen LogP contribution in [0.2, 0.25) is 0 Å². The van der Waals surface area contributed by atoms with Crippen LogP contribution in [0.3, 0.4) is 0 Å². The Labute approximate surface area is 172 Å². The van der Waals surface area contributed by atoms with Crippen molar-refractivity contribution >= 4 is 46.5 Å². The second-order valence-corrected chi connectivity index (χ2v) is 7.03. The van der Waals surface area contributed by atoms with Crippen LogP contribution in [0.4, 0.5) is 5.69 Å². The van der Waals surface area contributed by atoms with Crippen molar-refractivity contribution < 1.29 is 23.9 Å². The van der Waals surface area contributed by atoms with Gasteiger partial charge in [0.25, 0.3) is 5.91 Å². The van der Waals surface area contributed by atoms with E-state index in [9.17, 15) is 14.4 Å². The zero-order chi connectivity index (χ0) is 21.0. The molecule has 1 heterocycles. The first-order chi connectivity index (χ1) is 13.9. The van der Waals surface area contributed by atoms with Crippen LogP contribution in [0.15, 0.2) is 58.4 Å². The maximum atomic E-state index is 12.5. The molecule has 0 atom stereocenters. The van der Waals surface area contributed by atoms with Gasteiger partial charge in [-0.1, -0.05) is 12.1 Å². The number of amidine groups is 1. The van der Waals surface area contributed by atoms with Gasteiger partial charge in [0.05, 0.1) is 35.9 Å². The van der Waals surface area contributed by atoms with Crippen molar-refractivity contribution in [1.29, 1.82) is 0 Å². The number of hydrogen-bond donors (Lipinski definition) is 0. The van der Waals surface area contributed by atoms with Crippen LogP contribution >= 0.6 is 11.8 Å². The molecule has 2 aromatic carbocycles. The van der Waals surface area contributed by atoms with Gasteiger partial charge in [-0.25, -0.2) is 14.6 Å². The van der Waals surface area contributed by atoms with Gasteiger partial charge in [-0.2, -0.15) is 0 Å². The van der Waals surface area contributed by atoms with Crippen LogP contribution in [0.5, 0.6) is 0 Å². The number of thioether (sulfide) groups is 1. The van der Waals surface area contributed by atoms with Gasteiger partial charge in [0.1, 0.15) is 0 Å². The molecule has 1 saturated heterocycles. The summed E-state index contributed by atoms with van der Waals surface area (Å²) in [4.78, 5) is 42.0. The van der Waals surface area contributed by atoms with E-state index < -0.39 is 11.9 Å². The number of likely N-dealkylation sites (N-methyl/N-ethyl adjacent to an activating group) is 1. The van der Waals surface area contributed by atoms with Crippen LogP contribution in [0.1, 0.15) is 26.3 Å². The predicted octanol–water partition coefficient (Wildman–Crippen LogP) is 3.49. The lowest BCUT2D eigenvalue weighted by atomic mass is 10.1. The Morgan fingerprint density at radius 2 is 1.45 bits per heavy atom. The third-order valence-corrected chi connectivity index (χ3v) is 5.21. The topological polar surface area (TPSA) is 85.3 Å². The monoisotopic (exact) mass is 410 g/mol. The predicted molar refractivity (Wildman–Crippen MR) is 111 cm³/mol. The highest BCUT2D eigenvalue weighted by atomic mass is 32.2. The van der Waals surface area contributed by atoms with E-state index in [4.69, 9.17) is 0 Å². The minimum atomic E-state index is -0.421. The number of nitrogens with zero attached hydrogens (tertiary/aromatic N) is 2. The fourth-order valence-electron chi connectivity index (χ4n) is 2.54. The van der Waals surface area contributed by atoms with Gasteiger partial charge in [-0.3, -0.25) is 9.69 Å². The minimum Gasteiger partial charge on any atom is -0.465 e. The third-order valence-electron chi connectivity index (χ3n) is 4.15. The molecule has 0 bridgehead atoms. The number of amides is 1. The summed E-state index contributed by atoms with van der Waals surface area (Å²) < 4.78 is 9.35. The Hall–Kier alpha value is -3.39. The number of aliphatic imine (C=N–C) groups is 1. The van der Waals surface area contributed by atoms with E-state index in [2.05, 4.69) is 14.5 Å². The summed E-state index contributed by atoms with van der Waals surface area (Å²) in [6, 6.07) is 13.4. The van der Waals surface area contributed by atoms with Crippen LogP contribution in [-0.4, -0.2) is 49.2 Å². The van der Waals surface area contributed by atoms with Gasteiger partial charge in [-0.05, 0) is 59.8 Å². The first kappa shape index (κ1) is 20.3. The maximum absolute atomic E-state index is 12.5. The van der Waals surface area contributed by atoms with Gasteiger partial charge in [0.15, 0.2) is 5.17 Å². The highest BCUT2D eigenvalue weighted by Crippen LogP contribution is 2.33. The number of hydrogen-bond acceptors (Lipinski definition) is 7. The summed E-state index contributed by atoms with van der Waals surface area (Å²) in [5.74, 6) is -1.00. The lowest BCUT2D eigenvalue weighted by Gasteiger charge is -2.07. The van der Waals surface area contributed by atoms with E-state index in [1.54, 1.807) is 61.7 Å². The molecule has 8 heteroatoms. The maximum Gasteiger partial charge on any atom is 0.337 e. The standard InChI is InChI=1S/C21H18N2O5S/c1-23-18(24)17(12-13-4-6-14(7-5-13)19(25)27-2)29-21(23)22-16-10-8-15(9-11-16)20(26)28-3/h4-12H,1-3H3. The van der Waals surface area contributed by atoms with Crippen molar-refractivity contribution in [3.63, 3.8) is 0 Å². The van der Waals surface area contributed by atoms with Crippen molar-refractivity contribution in [2.45, 2.75) is 0 Å². The number of esters is 2. The summed E-state index contributed by atoms with van der Waals surface area (Å²) >= 11 is 1.25. The Morgan fingerprint density at radius 1 is 0.931 bits per heavy atom. The van der Waals surface area contributed by atoms with Gasteiger partial charge in [0, 0.05) is 7.05 Å². The van der Waals surface area contributed by atoms with Crippen molar-refractivity contribution in [2.75, 3.05) is 21.3 Å². The molecule has 0 radical (unpaired) electrons. The number of benzene rings is 2. The Balaban J connectivity index is 1.80. The molecule has 0 spiro atoms. The molecule has 1 fully saturated rings. The average molecular weight is 410 g/mol. The van der Waals surface area contributed by atoms with E-state index in [-0.39, 0.29) is 5.91 Å². The van der Waals surface area contributed by atoms with Crippen molar-refractivity contribution in [3.05, 3.63) is 70.1 Å². The Bertz CT molecular complexity index is 1010. The molecule has 3 rings (SSSR count). The van der Waals surface area contributed by atoms with Gasteiger partial charge in [-0.15, -0.1) is 0 Å². The molecule has 1 aliphatic heterocycles. The SMILES string of the molecule is COC(=O)c1ccc(C=C2SC(=Nc3ccc(C(=O)OC)cc3)N(C)C2=O)cc1. The molecular weight excluding hydrogens is 392 g/mol. The second-order valence-electron chi connectivity index (χ2n) is 6.02. The van der Waals surface area contributed by atoms with Crippen molar-refractivity contribution in [3.8, 4) is 0 Å². The molecule has 0 unspecified atom stereocenters. The van der Waals surface area contributed by atoms with Crippen molar-refractivity contribution in [1.82, 2.24) is 4.90 Å². The third kappa shape index (κ3) is 4.55. The van der Waals surface area contributed by atoms with E-state index in [1.165, 1.54) is 30.9 Å².